The predicted molar refractivity (Wildman–Crippen MR) is 108 cm³/mol. The molecule has 0 amide bonds. The Labute approximate surface area is 171 Å². The van der Waals surface area contributed by atoms with E-state index in [0.717, 1.165) is 17.8 Å². The molecule has 29 heavy (non-hydrogen) atoms. The first-order valence-corrected chi connectivity index (χ1v) is 9.78. The summed E-state index contributed by atoms with van der Waals surface area (Å²) in [5, 5.41) is 19.3. The van der Waals surface area contributed by atoms with Crippen LogP contribution in [-0.4, -0.2) is 21.8 Å². The van der Waals surface area contributed by atoms with Crippen molar-refractivity contribution in [3.8, 4) is 23.4 Å². The summed E-state index contributed by atoms with van der Waals surface area (Å²) in [6.07, 6.45) is 0.308. The van der Waals surface area contributed by atoms with Crippen molar-refractivity contribution < 1.29 is 14.2 Å². The maximum Gasteiger partial charge on any atom is 0.265 e. The van der Waals surface area contributed by atoms with E-state index in [-0.39, 0.29) is 27.9 Å². The molecular weight excluding hydrogens is 393 g/mol. The molecule has 0 saturated heterocycles. The van der Waals surface area contributed by atoms with Crippen LogP contribution in [0.4, 0.5) is 4.39 Å². The minimum Gasteiger partial charge on any atom is -0.495 e. The minimum absolute atomic E-state index is 0.157. The van der Waals surface area contributed by atoms with Crippen LogP contribution >= 0.6 is 11.8 Å². The van der Waals surface area contributed by atoms with Gasteiger partial charge in [0.1, 0.15) is 11.6 Å². The number of aromatic hydroxyl groups is 1. The quantitative estimate of drug-likeness (QED) is 0.490. The lowest BCUT2D eigenvalue weighted by atomic mass is 10.1. The van der Waals surface area contributed by atoms with Crippen LogP contribution in [0, 0.1) is 17.1 Å². The van der Waals surface area contributed by atoms with Crippen LogP contribution in [-0.2, 0) is 12.2 Å². The standard InChI is InChI=1S/C21H18FN3O3S/c1-3-15-19(26)24-21(29-12-14-9-8-13(11-23)10-16(14)22)25(20(15)27)17-6-4-5-7-18(17)28-2/h4-10,26H,3,12H2,1-2H3. The van der Waals surface area contributed by atoms with Gasteiger partial charge < -0.3 is 9.84 Å². The molecule has 3 aromatic rings. The second kappa shape index (κ2) is 8.80. The van der Waals surface area contributed by atoms with Gasteiger partial charge in [0.05, 0.1) is 30.0 Å². The number of hydrogen-bond acceptors (Lipinski definition) is 6. The SMILES string of the molecule is CCc1c(O)nc(SCc2ccc(C#N)cc2F)n(-c2ccccc2OC)c1=O. The molecule has 0 radical (unpaired) electrons. The summed E-state index contributed by atoms with van der Waals surface area (Å²) in [7, 11) is 1.50. The van der Waals surface area contributed by atoms with Gasteiger partial charge >= 0.3 is 0 Å². The summed E-state index contributed by atoms with van der Waals surface area (Å²) < 4.78 is 21.0. The molecule has 2 aromatic carbocycles. The third kappa shape index (κ3) is 4.10. The van der Waals surface area contributed by atoms with Crippen molar-refractivity contribution in [2.24, 2.45) is 0 Å². The van der Waals surface area contributed by atoms with Gasteiger partial charge in [-0.2, -0.15) is 10.2 Å². The second-order valence-corrected chi connectivity index (χ2v) is 7.01. The summed E-state index contributed by atoms with van der Waals surface area (Å²) in [6.45, 7) is 1.75. The fourth-order valence-electron chi connectivity index (χ4n) is 2.83. The summed E-state index contributed by atoms with van der Waals surface area (Å²) in [4.78, 5) is 17.2. The first-order valence-electron chi connectivity index (χ1n) is 8.79. The van der Waals surface area contributed by atoms with E-state index in [4.69, 9.17) is 10.00 Å². The largest absolute Gasteiger partial charge is 0.495 e. The van der Waals surface area contributed by atoms with E-state index in [2.05, 4.69) is 4.98 Å². The molecule has 1 N–H and O–H groups in total. The maximum atomic E-state index is 14.2. The highest BCUT2D eigenvalue weighted by molar-refractivity contribution is 7.98. The Kier molecular flexibility index (Phi) is 6.20. The minimum atomic E-state index is -0.517. The van der Waals surface area contributed by atoms with Gasteiger partial charge in [-0.1, -0.05) is 36.9 Å². The number of nitrogens with zero attached hydrogens (tertiary/aromatic N) is 3. The topological polar surface area (TPSA) is 88.1 Å². The summed E-state index contributed by atoms with van der Waals surface area (Å²) in [5.74, 6) is -0.233. The number of methoxy groups -OCH3 is 1. The van der Waals surface area contributed by atoms with Gasteiger partial charge in [-0.3, -0.25) is 9.36 Å². The van der Waals surface area contributed by atoms with E-state index in [1.807, 2.05) is 6.07 Å². The van der Waals surface area contributed by atoms with Gasteiger partial charge in [-0.05, 0) is 36.2 Å². The van der Waals surface area contributed by atoms with Gasteiger partial charge in [0.2, 0.25) is 5.88 Å². The summed E-state index contributed by atoms with van der Waals surface area (Å²) in [6, 6.07) is 13.1. The first kappa shape index (κ1) is 20.4. The number of nitriles is 1. The highest BCUT2D eigenvalue weighted by atomic mass is 32.2. The monoisotopic (exact) mass is 411 g/mol. The highest BCUT2D eigenvalue weighted by Crippen LogP contribution is 2.30. The van der Waals surface area contributed by atoms with E-state index in [1.54, 1.807) is 31.2 Å². The van der Waals surface area contributed by atoms with Crippen LogP contribution in [0.25, 0.3) is 5.69 Å². The molecule has 0 saturated carbocycles. The van der Waals surface area contributed by atoms with Crippen LogP contribution < -0.4 is 10.3 Å². The molecule has 8 heteroatoms. The Morgan fingerprint density at radius 2 is 2.07 bits per heavy atom. The number of benzene rings is 2. The van der Waals surface area contributed by atoms with E-state index < -0.39 is 11.4 Å². The molecule has 0 fully saturated rings. The van der Waals surface area contributed by atoms with Crippen LogP contribution in [0.15, 0.2) is 52.4 Å². The van der Waals surface area contributed by atoms with E-state index in [0.29, 0.717) is 23.4 Å². The molecule has 6 nitrogen and oxygen atoms in total. The Morgan fingerprint density at radius 3 is 2.72 bits per heavy atom. The lowest BCUT2D eigenvalue weighted by molar-refractivity contribution is 0.408. The smallest absolute Gasteiger partial charge is 0.265 e. The lowest BCUT2D eigenvalue weighted by Gasteiger charge is -2.16. The Bertz CT molecular complexity index is 1150. The molecule has 0 aliphatic rings. The molecule has 0 bridgehead atoms. The molecule has 1 heterocycles. The number of thioether (sulfide) groups is 1. The summed E-state index contributed by atoms with van der Waals surface area (Å²) in [5.41, 5.74) is 0.834. The predicted octanol–water partition coefficient (Wildman–Crippen LogP) is 3.81. The fourth-order valence-corrected chi connectivity index (χ4v) is 3.81. The van der Waals surface area contributed by atoms with E-state index >= 15 is 0 Å². The number of hydrogen-bond donors (Lipinski definition) is 1. The number of halogens is 1. The van der Waals surface area contributed by atoms with Crippen molar-refractivity contribution in [1.82, 2.24) is 9.55 Å². The summed E-state index contributed by atoms with van der Waals surface area (Å²) >= 11 is 1.10. The molecule has 1 aromatic heterocycles. The molecule has 0 unspecified atom stereocenters. The van der Waals surface area contributed by atoms with Crippen molar-refractivity contribution in [2.75, 3.05) is 7.11 Å². The molecule has 0 aliphatic heterocycles. The Morgan fingerprint density at radius 1 is 1.31 bits per heavy atom. The van der Waals surface area contributed by atoms with Gasteiger partial charge in [0, 0.05) is 5.75 Å². The van der Waals surface area contributed by atoms with Gasteiger partial charge in [-0.15, -0.1) is 0 Å². The van der Waals surface area contributed by atoms with Gasteiger partial charge in [0.25, 0.3) is 5.56 Å². The number of para-hydroxylation sites is 2. The Hall–Kier alpha value is -3.31. The van der Waals surface area contributed by atoms with Crippen molar-refractivity contribution in [2.45, 2.75) is 24.3 Å². The molecule has 0 spiro atoms. The normalized spacial score (nSPS) is 10.6. The third-order valence-corrected chi connectivity index (χ3v) is 5.33. The zero-order valence-corrected chi connectivity index (χ0v) is 16.7. The highest BCUT2D eigenvalue weighted by Gasteiger charge is 2.19. The maximum absolute atomic E-state index is 14.2. The van der Waals surface area contributed by atoms with Crippen molar-refractivity contribution >= 4 is 11.8 Å². The Balaban J connectivity index is 2.09. The van der Waals surface area contributed by atoms with Crippen LogP contribution in [0.2, 0.25) is 0 Å². The number of aromatic nitrogens is 2. The number of ether oxygens (including phenoxy) is 1. The molecule has 148 valence electrons. The van der Waals surface area contributed by atoms with Crippen molar-refractivity contribution in [3.05, 3.63) is 75.3 Å². The van der Waals surface area contributed by atoms with Gasteiger partial charge in [-0.25, -0.2) is 4.39 Å². The third-order valence-electron chi connectivity index (χ3n) is 4.34. The average molecular weight is 411 g/mol. The van der Waals surface area contributed by atoms with Crippen molar-refractivity contribution in [3.63, 3.8) is 0 Å². The number of rotatable bonds is 6. The molecule has 0 aliphatic carbocycles. The zero-order chi connectivity index (χ0) is 21.0. The molecular formula is C21H18FN3O3S. The van der Waals surface area contributed by atoms with Crippen LogP contribution in [0.5, 0.6) is 11.6 Å². The lowest BCUT2D eigenvalue weighted by Crippen LogP contribution is -2.25. The van der Waals surface area contributed by atoms with E-state index in [9.17, 15) is 14.3 Å². The van der Waals surface area contributed by atoms with E-state index in [1.165, 1.54) is 23.8 Å². The molecule has 3 rings (SSSR count). The zero-order valence-electron chi connectivity index (χ0n) is 15.8. The second-order valence-electron chi connectivity index (χ2n) is 6.07. The molecule has 0 atom stereocenters. The van der Waals surface area contributed by atoms with Crippen LogP contribution in [0.1, 0.15) is 23.6 Å². The van der Waals surface area contributed by atoms with Crippen molar-refractivity contribution in [1.29, 1.82) is 5.26 Å². The van der Waals surface area contributed by atoms with Crippen LogP contribution in [0.3, 0.4) is 0 Å². The fraction of sp³-hybridized carbons (Fsp3) is 0.190. The first-order chi connectivity index (χ1) is 14.0. The van der Waals surface area contributed by atoms with Gasteiger partial charge in [0.15, 0.2) is 5.16 Å². The average Bonchev–Trinajstić information content (AvgIpc) is 2.73.